The molecular formula is C16H14N4O2S2. The van der Waals surface area contributed by atoms with E-state index in [0.717, 1.165) is 23.1 Å². The number of thiophene rings is 1. The van der Waals surface area contributed by atoms with Gasteiger partial charge in [-0.2, -0.15) is 0 Å². The quantitative estimate of drug-likeness (QED) is 0.485. The summed E-state index contributed by atoms with van der Waals surface area (Å²) in [7, 11) is 1.99. The van der Waals surface area contributed by atoms with Gasteiger partial charge in [0.25, 0.3) is 0 Å². The van der Waals surface area contributed by atoms with Gasteiger partial charge in [-0.15, -0.1) is 21.5 Å². The molecule has 0 bridgehead atoms. The SMILES string of the molecule is Cn1c(Cc2cccs2)nnc1SCc1cc(-c2ccco2)on1. The van der Waals surface area contributed by atoms with Gasteiger partial charge in [0, 0.05) is 30.2 Å². The first-order valence-electron chi connectivity index (χ1n) is 7.32. The van der Waals surface area contributed by atoms with Crippen LogP contribution in [0.15, 0.2) is 56.1 Å². The Morgan fingerprint density at radius 2 is 2.17 bits per heavy atom. The van der Waals surface area contributed by atoms with Crippen LogP contribution < -0.4 is 0 Å². The second-order valence-corrected chi connectivity index (χ2v) is 7.14. The molecule has 0 fully saturated rings. The molecule has 0 aliphatic heterocycles. The number of nitrogens with zero attached hydrogens (tertiary/aromatic N) is 4. The van der Waals surface area contributed by atoms with Crippen LogP contribution in [0.5, 0.6) is 0 Å². The summed E-state index contributed by atoms with van der Waals surface area (Å²) in [5.74, 6) is 2.92. The van der Waals surface area contributed by atoms with Crippen LogP contribution in [-0.4, -0.2) is 19.9 Å². The van der Waals surface area contributed by atoms with Crippen molar-refractivity contribution in [1.82, 2.24) is 19.9 Å². The molecule has 0 unspecified atom stereocenters. The van der Waals surface area contributed by atoms with E-state index in [1.165, 1.54) is 4.88 Å². The molecule has 4 aromatic heterocycles. The molecule has 0 amide bonds. The van der Waals surface area contributed by atoms with E-state index < -0.39 is 0 Å². The van der Waals surface area contributed by atoms with Crippen molar-refractivity contribution in [2.24, 2.45) is 7.05 Å². The van der Waals surface area contributed by atoms with E-state index in [-0.39, 0.29) is 0 Å². The van der Waals surface area contributed by atoms with Crippen LogP contribution in [0.4, 0.5) is 0 Å². The van der Waals surface area contributed by atoms with Crippen molar-refractivity contribution in [1.29, 1.82) is 0 Å². The van der Waals surface area contributed by atoms with Gasteiger partial charge in [0.2, 0.25) is 5.76 Å². The minimum absolute atomic E-state index is 0.631. The molecule has 0 aliphatic rings. The average Bonchev–Trinajstić information content (AvgIpc) is 3.36. The summed E-state index contributed by atoms with van der Waals surface area (Å²) in [6.45, 7) is 0. The summed E-state index contributed by atoms with van der Waals surface area (Å²) < 4.78 is 12.6. The molecule has 6 nitrogen and oxygen atoms in total. The third-order valence-corrected chi connectivity index (χ3v) is 5.44. The Morgan fingerprint density at radius 1 is 1.21 bits per heavy atom. The third-order valence-electron chi connectivity index (χ3n) is 3.51. The number of rotatable bonds is 6. The lowest BCUT2D eigenvalue weighted by molar-refractivity contribution is 0.413. The second-order valence-electron chi connectivity index (χ2n) is 5.16. The topological polar surface area (TPSA) is 69.9 Å². The second kappa shape index (κ2) is 6.66. The molecule has 0 saturated heterocycles. The molecule has 4 heterocycles. The smallest absolute Gasteiger partial charge is 0.202 e. The minimum atomic E-state index is 0.631. The molecule has 4 rings (SSSR count). The Bertz CT molecular complexity index is 910. The predicted molar refractivity (Wildman–Crippen MR) is 91.9 cm³/mol. The Morgan fingerprint density at radius 3 is 2.96 bits per heavy atom. The van der Waals surface area contributed by atoms with Crippen LogP contribution in [-0.2, 0) is 19.2 Å². The zero-order chi connectivity index (χ0) is 16.4. The molecule has 0 aromatic carbocycles. The maximum absolute atomic E-state index is 5.30. The van der Waals surface area contributed by atoms with Gasteiger partial charge < -0.3 is 13.5 Å². The Labute approximate surface area is 146 Å². The van der Waals surface area contributed by atoms with Crippen molar-refractivity contribution in [2.45, 2.75) is 17.3 Å². The Balaban J connectivity index is 1.42. The lowest BCUT2D eigenvalue weighted by Crippen LogP contribution is -1.99. The Kier molecular flexibility index (Phi) is 4.22. The van der Waals surface area contributed by atoms with Gasteiger partial charge in [0.15, 0.2) is 10.9 Å². The van der Waals surface area contributed by atoms with Crippen molar-refractivity contribution in [3.05, 3.63) is 58.4 Å². The molecule has 122 valence electrons. The van der Waals surface area contributed by atoms with E-state index in [4.69, 9.17) is 8.94 Å². The Hall–Kier alpha value is -2.32. The number of aromatic nitrogens is 4. The lowest BCUT2D eigenvalue weighted by atomic mass is 10.3. The number of hydrogen-bond donors (Lipinski definition) is 0. The summed E-state index contributed by atoms with van der Waals surface area (Å²) in [4.78, 5) is 1.28. The van der Waals surface area contributed by atoms with E-state index in [1.807, 2.05) is 35.9 Å². The van der Waals surface area contributed by atoms with Gasteiger partial charge in [-0.3, -0.25) is 0 Å². The molecule has 0 saturated carbocycles. The monoisotopic (exact) mass is 358 g/mol. The maximum Gasteiger partial charge on any atom is 0.202 e. The van der Waals surface area contributed by atoms with E-state index in [1.54, 1.807) is 29.4 Å². The average molecular weight is 358 g/mol. The molecule has 0 radical (unpaired) electrons. The first kappa shape index (κ1) is 15.2. The predicted octanol–water partition coefficient (Wildman–Crippen LogP) is 4.01. The summed E-state index contributed by atoms with van der Waals surface area (Å²) in [6.07, 6.45) is 2.41. The van der Waals surface area contributed by atoms with Crippen molar-refractivity contribution in [3.8, 4) is 11.5 Å². The van der Waals surface area contributed by atoms with Crippen molar-refractivity contribution < 1.29 is 8.94 Å². The molecule has 8 heteroatoms. The number of furan rings is 1. The highest BCUT2D eigenvalue weighted by molar-refractivity contribution is 7.98. The molecule has 4 aromatic rings. The number of thioether (sulfide) groups is 1. The lowest BCUT2D eigenvalue weighted by Gasteiger charge is -2.01. The van der Waals surface area contributed by atoms with Gasteiger partial charge >= 0.3 is 0 Å². The molecule has 24 heavy (non-hydrogen) atoms. The molecule has 0 aliphatic carbocycles. The molecule has 0 spiro atoms. The van der Waals surface area contributed by atoms with Gasteiger partial charge in [-0.25, -0.2) is 0 Å². The molecular weight excluding hydrogens is 344 g/mol. The fourth-order valence-corrected chi connectivity index (χ4v) is 3.76. The summed E-state index contributed by atoms with van der Waals surface area (Å²) in [5.41, 5.74) is 0.842. The highest BCUT2D eigenvalue weighted by Crippen LogP contribution is 2.25. The molecule has 0 atom stereocenters. The minimum Gasteiger partial charge on any atom is -0.461 e. The zero-order valence-corrected chi connectivity index (χ0v) is 14.5. The first-order valence-corrected chi connectivity index (χ1v) is 9.19. The van der Waals surface area contributed by atoms with Crippen LogP contribution >= 0.6 is 23.1 Å². The van der Waals surface area contributed by atoms with Crippen LogP contribution in [0.25, 0.3) is 11.5 Å². The molecule has 0 N–H and O–H groups in total. The first-order chi connectivity index (χ1) is 11.8. The van der Waals surface area contributed by atoms with E-state index in [9.17, 15) is 0 Å². The maximum atomic E-state index is 5.30. The standard InChI is InChI=1S/C16H14N4O2S2/c1-20-15(9-12-4-3-7-23-12)17-18-16(20)24-10-11-8-14(22-19-11)13-5-2-6-21-13/h2-8H,9-10H2,1H3. The summed E-state index contributed by atoms with van der Waals surface area (Å²) in [5, 5.41) is 15.6. The van der Waals surface area contributed by atoms with Gasteiger partial charge in [-0.05, 0) is 23.6 Å². The highest BCUT2D eigenvalue weighted by atomic mass is 32.2. The van der Waals surface area contributed by atoms with Crippen molar-refractivity contribution in [3.63, 3.8) is 0 Å². The van der Waals surface area contributed by atoms with E-state index >= 15 is 0 Å². The van der Waals surface area contributed by atoms with Gasteiger partial charge in [0.05, 0.1) is 12.0 Å². The van der Waals surface area contributed by atoms with E-state index in [0.29, 0.717) is 17.3 Å². The van der Waals surface area contributed by atoms with Crippen molar-refractivity contribution in [2.75, 3.05) is 0 Å². The van der Waals surface area contributed by atoms with Crippen LogP contribution in [0.2, 0.25) is 0 Å². The normalized spacial score (nSPS) is 11.2. The van der Waals surface area contributed by atoms with Gasteiger partial charge in [0.1, 0.15) is 5.82 Å². The van der Waals surface area contributed by atoms with Gasteiger partial charge in [-0.1, -0.05) is 23.0 Å². The van der Waals surface area contributed by atoms with Crippen LogP contribution in [0, 0.1) is 0 Å². The zero-order valence-electron chi connectivity index (χ0n) is 12.9. The number of hydrogen-bond acceptors (Lipinski definition) is 7. The van der Waals surface area contributed by atoms with Crippen molar-refractivity contribution >= 4 is 23.1 Å². The summed E-state index contributed by atoms with van der Waals surface area (Å²) >= 11 is 3.31. The third kappa shape index (κ3) is 3.15. The van der Waals surface area contributed by atoms with Crippen LogP contribution in [0.3, 0.4) is 0 Å². The summed E-state index contributed by atoms with van der Waals surface area (Å²) in [6, 6.07) is 9.71. The highest BCUT2D eigenvalue weighted by Gasteiger charge is 2.13. The van der Waals surface area contributed by atoms with Crippen LogP contribution in [0.1, 0.15) is 16.4 Å². The van der Waals surface area contributed by atoms with E-state index in [2.05, 4.69) is 26.8 Å². The fourth-order valence-electron chi connectivity index (χ4n) is 2.25. The fraction of sp³-hybridized carbons (Fsp3) is 0.188. The largest absolute Gasteiger partial charge is 0.461 e.